The molecule has 0 aliphatic carbocycles. The van der Waals surface area contributed by atoms with Crippen LogP contribution in [0.25, 0.3) is 0 Å². The van der Waals surface area contributed by atoms with Gasteiger partial charge in [-0.3, -0.25) is 0 Å². The van der Waals surface area contributed by atoms with E-state index in [9.17, 15) is 8.42 Å². The summed E-state index contributed by atoms with van der Waals surface area (Å²) in [6, 6.07) is 7.37. The lowest BCUT2D eigenvalue weighted by molar-refractivity contribution is 0.414. The summed E-state index contributed by atoms with van der Waals surface area (Å²) in [5.74, 6) is 1.40. The molecule has 4 nitrogen and oxygen atoms in total. The average Bonchev–Trinajstić information content (AvgIpc) is 2.39. The first kappa shape index (κ1) is 16.3. The molecule has 1 aromatic carbocycles. The minimum atomic E-state index is -3.20. The molecule has 0 aromatic heterocycles. The van der Waals surface area contributed by atoms with E-state index in [4.69, 9.17) is 16.3 Å². The number of nitrogens with zero attached hydrogens (tertiary/aromatic N) is 1. The molecule has 0 heterocycles. The first-order chi connectivity index (χ1) is 8.99. The van der Waals surface area contributed by atoms with E-state index in [0.29, 0.717) is 18.8 Å². The zero-order valence-corrected chi connectivity index (χ0v) is 12.9. The molecule has 0 atom stereocenters. The standard InChI is InChI=1S/C13H20ClNO3S/c1-15(19(16,17)10-4-3-9-14)11-12-5-7-13(18-2)8-6-12/h5-8H,3-4,9-11H2,1-2H3. The molecule has 19 heavy (non-hydrogen) atoms. The van der Waals surface area contributed by atoms with Crippen molar-refractivity contribution >= 4 is 21.6 Å². The summed E-state index contributed by atoms with van der Waals surface area (Å²) in [5.41, 5.74) is 0.934. The summed E-state index contributed by atoms with van der Waals surface area (Å²) in [5, 5.41) is 0. The molecule has 0 saturated carbocycles. The van der Waals surface area contributed by atoms with Gasteiger partial charge >= 0.3 is 0 Å². The van der Waals surface area contributed by atoms with Crippen molar-refractivity contribution < 1.29 is 13.2 Å². The van der Waals surface area contributed by atoms with Crippen molar-refractivity contribution in [3.8, 4) is 5.75 Å². The molecule has 0 bridgehead atoms. The molecule has 0 fully saturated rings. The highest BCUT2D eigenvalue weighted by Crippen LogP contribution is 2.14. The van der Waals surface area contributed by atoms with E-state index in [2.05, 4.69) is 0 Å². The largest absolute Gasteiger partial charge is 0.497 e. The van der Waals surface area contributed by atoms with Gasteiger partial charge in [0.05, 0.1) is 12.9 Å². The Kier molecular flexibility index (Phi) is 6.62. The monoisotopic (exact) mass is 305 g/mol. The lowest BCUT2D eigenvalue weighted by Crippen LogP contribution is -2.28. The molecule has 108 valence electrons. The smallest absolute Gasteiger partial charge is 0.214 e. The van der Waals surface area contributed by atoms with E-state index in [1.165, 1.54) is 4.31 Å². The molecule has 0 aliphatic heterocycles. The van der Waals surface area contributed by atoms with Crippen LogP contribution in [0.3, 0.4) is 0 Å². The number of rotatable bonds is 8. The molecule has 0 saturated heterocycles. The number of hydrogen-bond acceptors (Lipinski definition) is 3. The summed E-state index contributed by atoms with van der Waals surface area (Å²) in [6.07, 6.45) is 1.32. The molecule has 1 aromatic rings. The van der Waals surface area contributed by atoms with Crippen molar-refractivity contribution in [1.82, 2.24) is 4.31 Å². The fraction of sp³-hybridized carbons (Fsp3) is 0.538. The number of benzene rings is 1. The van der Waals surface area contributed by atoms with Crippen LogP contribution in [0.4, 0.5) is 0 Å². The zero-order valence-electron chi connectivity index (χ0n) is 11.3. The topological polar surface area (TPSA) is 46.6 Å². The third-order valence-electron chi connectivity index (χ3n) is 2.83. The lowest BCUT2D eigenvalue weighted by atomic mass is 10.2. The first-order valence-corrected chi connectivity index (χ1v) is 8.27. The van der Waals surface area contributed by atoms with Crippen LogP contribution in [-0.2, 0) is 16.6 Å². The Morgan fingerprint density at radius 1 is 1.21 bits per heavy atom. The predicted octanol–water partition coefficient (Wildman–Crippen LogP) is 2.48. The van der Waals surface area contributed by atoms with Gasteiger partial charge < -0.3 is 4.74 Å². The molecule has 6 heteroatoms. The number of unbranched alkanes of at least 4 members (excludes halogenated alkanes) is 1. The van der Waals surface area contributed by atoms with Crippen LogP contribution >= 0.6 is 11.6 Å². The Bertz CT molecular complexity index is 473. The maximum atomic E-state index is 12.0. The van der Waals surface area contributed by atoms with Crippen LogP contribution in [0.2, 0.25) is 0 Å². The minimum absolute atomic E-state index is 0.145. The fourth-order valence-corrected chi connectivity index (χ4v) is 3.04. The summed E-state index contributed by atoms with van der Waals surface area (Å²) in [6.45, 7) is 0.368. The molecule has 1 rings (SSSR count). The fourth-order valence-electron chi connectivity index (χ4n) is 1.62. The lowest BCUT2D eigenvalue weighted by Gasteiger charge is -2.17. The van der Waals surface area contributed by atoms with Crippen molar-refractivity contribution in [3.63, 3.8) is 0 Å². The number of ether oxygens (including phenoxy) is 1. The first-order valence-electron chi connectivity index (χ1n) is 6.12. The third kappa shape index (κ3) is 5.38. The van der Waals surface area contributed by atoms with Crippen LogP contribution in [0, 0.1) is 0 Å². The Hall–Kier alpha value is -0.780. The highest BCUT2D eigenvalue weighted by atomic mass is 35.5. The van der Waals surface area contributed by atoms with Gasteiger partial charge in [0.2, 0.25) is 10.0 Å². The van der Waals surface area contributed by atoms with E-state index in [0.717, 1.165) is 17.7 Å². The highest BCUT2D eigenvalue weighted by Gasteiger charge is 2.17. The molecule has 0 radical (unpaired) electrons. The molecule has 0 amide bonds. The van der Waals surface area contributed by atoms with Crippen LogP contribution < -0.4 is 4.74 Å². The van der Waals surface area contributed by atoms with Crippen LogP contribution in [-0.4, -0.2) is 38.5 Å². The van der Waals surface area contributed by atoms with Crippen LogP contribution in [0.1, 0.15) is 18.4 Å². The Morgan fingerprint density at radius 3 is 2.37 bits per heavy atom. The van der Waals surface area contributed by atoms with Gasteiger partial charge in [-0.2, -0.15) is 0 Å². The SMILES string of the molecule is COc1ccc(CN(C)S(=O)(=O)CCCCCl)cc1. The maximum absolute atomic E-state index is 12.0. The van der Waals surface area contributed by atoms with Gasteiger partial charge in [-0.05, 0) is 30.5 Å². The van der Waals surface area contributed by atoms with E-state index < -0.39 is 10.0 Å². The third-order valence-corrected chi connectivity index (χ3v) is 4.98. The van der Waals surface area contributed by atoms with Gasteiger partial charge in [0.15, 0.2) is 0 Å². The predicted molar refractivity (Wildman–Crippen MR) is 78.2 cm³/mol. The summed E-state index contributed by atoms with van der Waals surface area (Å²) >= 11 is 5.55. The summed E-state index contributed by atoms with van der Waals surface area (Å²) in [7, 11) is -0.00582. The highest BCUT2D eigenvalue weighted by molar-refractivity contribution is 7.89. The van der Waals surface area contributed by atoms with Gasteiger partial charge in [0, 0.05) is 19.5 Å². The van der Waals surface area contributed by atoms with Gasteiger partial charge in [0.1, 0.15) is 5.75 Å². The molecule has 0 spiro atoms. The molecule has 0 aliphatic rings. The van der Waals surface area contributed by atoms with Crippen LogP contribution in [0.15, 0.2) is 24.3 Å². The molecular formula is C13H20ClNO3S. The van der Waals surface area contributed by atoms with Crippen molar-refractivity contribution in [2.24, 2.45) is 0 Å². The second kappa shape index (κ2) is 7.72. The number of halogens is 1. The van der Waals surface area contributed by atoms with E-state index in [1.54, 1.807) is 14.2 Å². The van der Waals surface area contributed by atoms with Crippen molar-refractivity contribution in [3.05, 3.63) is 29.8 Å². The Labute approximate surface area is 120 Å². The number of sulfonamides is 1. The Morgan fingerprint density at radius 2 is 1.84 bits per heavy atom. The van der Waals surface area contributed by atoms with E-state index in [1.807, 2.05) is 24.3 Å². The van der Waals surface area contributed by atoms with Gasteiger partial charge in [0.25, 0.3) is 0 Å². The average molecular weight is 306 g/mol. The molecule has 0 N–H and O–H groups in total. The van der Waals surface area contributed by atoms with Crippen LogP contribution in [0.5, 0.6) is 5.75 Å². The van der Waals surface area contributed by atoms with E-state index >= 15 is 0 Å². The van der Waals surface area contributed by atoms with Crippen molar-refractivity contribution in [2.75, 3.05) is 25.8 Å². The second-order valence-electron chi connectivity index (χ2n) is 4.32. The maximum Gasteiger partial charge on any atom is 0.214 e. The molecular weight excluding hydrogens is 286 g/mol. The zero-order chi connectivity index (χ0) is 14.3. The molecule has 0 unspecified atom stereocenters. The quantitative estimate of drug-likeness (QED) is 0.547. The van der Waals surface area contributed by atoms with E-state index in [-0.39, 0.29) is 5.75 Å². The normalized spacial score (nSPS) is 11.8. The summed E-state index contributed by atoms with van der Waals surface area (Å²) in [4.78, 5) is 0. The number of alkyl halides is 1. The second-order valence-corrected chi connectivity index (χ2v) is 6.89. The van der Waals surface area contributed by atoms with Gasteiger partial charge in [-0.15, -0.1) is 11.6 Å². The van der Waals surface area contributed by atoms with Crippen molar-refractivity contribution in [2.45, 2.75) is 19.4 Å². The van der Waals surface area contributed by atoms with Gasteiger partial charge in [-0.25, -0.2) is 12.7 Å². The van der Waals surface area contributed by atoms with Gasteiger partial charge in [-0.1, -0.05) is 12.1 Å². The number of hydrogen-bond donors (Lipinski definition) is 0. The minimum Gasteiger partial charge on any atom is -0.497 e. The Balaban J connectivity index is 2.59. The van der Waals surface area contributed by atoms with Crippen molar-refractivity contribution in [1.29, 1.82) is 0 Å². The number of methoxy groups -OCH3 is 1. The summed E-state index contributed by atoms with van der Waals surface area (Å²) < 4.78 is 30.4.